The number of aromatic nitrogens is 1. The molecule has 0 saturated carbocycles. The number of carbonyl (C=O) groups is 1. The Bertz CT molecular complexity index is 353. The number of rotatable bonds is 2. The monoisotopic (exact) mass is 220 g/mol. The van der Waals surface area contributed by atoms with Gasteiger partial charge in [-0.1, -0.05) is 0 Å². The average molecular weight is 220 g/mol. The molecule has 86 valence electrons. The maximum Gasteiger partial charge on any atom is 0.328 e. The quantitative estimate of drug-likeness (QED) is 0.710. The first kappa shape index (κ1) is 10.9. The maximum atomic E-state index is 11.7. The third kappa shape index (κ3) is 2.15. The largest absolute Gasteiger partial charge is 0.467 e. The molecule has 2 heterocycles. The van der Waals surface area contributed by atoms with Crippen LogP contribution in [-0.4, -0.2) is 30.6 Å². The van der Waals surface area contributed by atoms with Crippen molar-refractivity contribution >= 4 is 11.7 Å². The highest BCUT2D eigenvalue weighted by Gasteiger charge is 2.29. The van der Waals surface area contributed by atoms with E-state index >= 15 is 0 Å². The fourth-order valence-electron chi connectivity index (χ4n) is 2.16. The number of hydrogen-bond donors (Lipinski definition) is 0. The smallest absolute Gasteiger partial charge is 0.328 e. The molecule has 1 atom stereocenters. The normalized spacial score (nSPS) is 20.6. The Morgan fingerprint density at radius 2 is 2.19 bits per heavy atom. The summed E-state index contributed by atoms with van der Waals surface area (Å²) in [5, 5.41) is 0. The third-order valence-corrected chi connectivity index (χ3v) is 2.97. The van der Waals surface area contributed by atoms with Gasteiger partial charge in [-0.3, -0.25) is 4.98 Å². The minimum absolute atomic E-state index is 0.138. The van der Waals surface area contributed by atoms with Crippen LogP contribution in [0, 0.1) is 0 Å². The first-order valence-corrected chi connectivity index (χ1v) is 5.57. The number of esters is 1. The minimum Gasteiger partial charge on any atom is -0.467 e. The van der Waals surface area contributed by atoms with Crippen LogP contribution in [0.2, 0.25) is 0 Å². The van der Waals surface area contributed by atoms with Crippen molar-refractivity contribution in [2.45, 2.75) is 25.3 Å². The van der Waals surface area contributed by atoms with Crippen molar-refractivity contribution in [1.29, 1.82) is 0 Å². The molecule has 4 heteroatoms. The summed E-state index contributed by atoms with van der Waals surface area (Å²) in [6, 6.07) is 3.73. The van der Waals surface area contributed by atoms with E-state index in [2.05, 4.69) is 9.88 Å². The van der Waals surface area contributed by atoms with Crippen LogP contribution < -0.4 is 4.90 Å². The fourth-order valence-corrected chi connectivity index (χ4v) is 2.16. The summed E-state index contributed by atoms with van der Waals surface area (Å²) >= 11 is 0. The lowest BCUT2D eigenvalue weighted by molar-refractivity contribution is -0.142. The Morgan fingerprint density at radius 1 is 1.44 bits per heavy atom. The van der Waals surface area contributed by atoms with Crippen LogP contribution in [0.5, 0.6) is 0 Å². The molecule has 0 aliphatic carbocycles. The van der Waals surface area contributed by atoms with Crippen molar-refractivity contribution < 1.29 is 9.53 Å². The molecule has 0 N–H and O–H groups in total. The average Bonchev–Trinajstić information content (AvgIpc) is 2.39. The standard InChI is InChI=1S/C12H16N2O2/c1-16-12(15)11-4-2-3-9-14(11)10-5-7-13-8-6-10/h5-8,11H,2-4,9H2,1H3. The zero-order chi connectivity index (χ0) is 11.4. The van der Waals surface area contributed by atoms with E-state index in [1.165, 1.54) is 7.11 Å². The second kappa shape index (κ2) is 4.96. The summed E-state index contributed by atoms with van der Waals surface area (Å²) in [5.74, 6) is -0.142. The molecule has 1 unspecified atom stereocenters. The van der Waals surface area contributed by atoms with E-state index in [0.29, 0.717) is 0 Å². The molecule has 0 radical (unpaired) electrons. The van der Waals surface area contributed by atoms with E-state index in [0.717, 1.165) is 31.5 Å². The number of nitrogens with zero attached hydrogens (tertiary/aromatic N) is 2. The fraction of sp³-hybridized carbons (Fsp3) is 0.500. The molecule has 1 aromatic heterocycles. The third-order valence-electron chi connectivity index (χ3n) is 2.97. The van der Waals surface area contributed by atoms with Gasteiger partial charge in [0.05, 0.1) is 7.11 Å². The van der Waals surface area contributed by atoms with Gasteiger partial charge in [-0.15, -0.1) is 0 Å². The highest BCUT2D eigenvalue weighted by atomic mass is 16.5. The SMILES string of the molecule is COC(=O)C1CCCCN1c1ccncc1. The Kier molecular flexibility index (Phi) is 3.39. The van der Waals surface area contributed by atoms with E-state index in [4.69, 9.17) is 4.74 Å². The summed E-state index contributed by atoms with van der Waals surface area (Å²) in [4.78, 5) is 17.8. The highest BCUT2D eigenvalue weighted by Crippen LogP contribution is 2.24. The van der Waals surface area contributed by atoms with Gasteiger partial charge in [0.25, 0.3) is 0 Å². The molecular formula is C12H16N2O2. The Labute approximate surface area is 95.2 Å². The zero-order valence-electron chi connectivity index (χ0n) is 9.43. The van der Waals surface area contributed by atoms with Gasteiger partial charge < -0.3 is 9.64 Å². The van der Waals surface area contributed by atoms with Crippen LogP contribution in [0.15, 0.2) is 24.5 Å². The van der Waals surface area contributed by atoms with Gasteiger partial charge in [0.2, 0.25) is 0 Å². The van der Waals surface area contributed by atoms with Crippen LogP contribution in [-0.2, 0) is 9.53 Å². The van der Waals surface area contributed by atoms with Gasteiger partial charge in [-0.05, 0) is 31.4 Å². The molecule has 1 aromatic rings. The Morgan fingerprint density at radius 3 is 2.88 bits per heavy atom. The van der Waals surface area contributed by atoms with E-state index in [9.17, 15) is 4.79 Å². The molecule has 1 fully saturated rings. The molecule has 4 nitrogen and oxygen atoms in total. The Balaban J connectivity index is 2.20. The predicted octanol–water partition coefficient (Wildman–Crippen LogP) is 1.61. The lowest BCUT2D eigenvalue weighted by Gasteiger charge is -2.35. The molecule has 16 heavy (non-hydrogen) atoms. The molecule has 1 saturated heterocycles. The van der Waals surface area contributed by atoms with Gasteiger partial charge in [-0.25, -0.2) is 4.79 Å². The van der Waals surface area contributed by atoms with E-state index in [1.807, 2.05) is 12.1 Å². The number of methoxy groups -OCH3 is 1. The van der Waals surface area contributed by atoms with Gasteiger partial charge in [0.1, 0.15) is 6.04 Å². The molecule has 1 aliphatic heterocycles. The summed E-state index contributed by atoms with van der Waals surface area (Å²) in [5.41, 5.74) is 1.05. The van der Waals surface area contributed by atoms with Crippen molar-refractivity contribution in [1.82, 2.24) is 4.98 Å². The van der Waals surface area contributed by atoms with Crippen molar-refractivity contribution in [3.63, 3.8) is 0 Å². The molecule has 0 bridgehead atoms. The van der Waals surface area contributed by atoms with Crippen molar-refractivity contribution in [3.8, 4) is 0 Å². The number of anilines is 1. The number of hydrogen-bond acceptors (Lipinski definition) is 4. The van der Waals surface area contributed by atoms with Crippen LogP contribution in [0.1, 0.15) is 19.3 Å². The number of piperidine rings is 1. The maximum absolute atomic E-state index is 11.7. The second-order valence-corrected chi connectivity index (χ2v) is 3.93. The summed E-state index contributed by atoms with van der Waals surface area (Å²) in [7, 11) is 1.45. The lowest BCUT2D eigenvalue weighted by Crippen LogP contribution is -2.45. The molecule has 0 spiro atoms. The van der Waals surface area contributed by atoms with Gasteiger partial charge in [0, 0.05) is 24.6 Å². The van der Waals surface area contributed by atoms with Crippen molar-refractivity contribution in [3.05, 3.63) is 24.5 Å². The first-order valence-electron chi connectivity index (χ1n) is 5.57. The molecule has 0 aromatic carbocycles. The summed E-state index contributed by atoms with van der Waals surface area (Å²) < 4.78 is 4.85. The zero-order valence-corrected chi connectivity index (χ0v) is 9.43. The first-order chi connectivity index (χ1) is 7.83. The predicted molar refractivity (Wildman–Crippen MR) is 61.2 cm³/mol. The summed E-state index contributed by atoms with van der Waals surface area (Å²) in [6.45, 7) is 0.907. The molecule has 0 amide bonds. The van der Waals surface area contributed by atoms with E-state index in [-0.39, 0.29) is 12.0 Å². The molecule has 2 rings (SSSR count). The van der Waals surface area contributed by atoms with Crippen molar-refractivity contribution in [2.24, 2.45) is 0 Å². The Hall–Kier alpha value is -1.58. The van der Waals surface area contributed by atoms with Crippen LogP contribution in [0.4, 0.5) is 5.69 Å². The number of carbonyl (C=O) groups excluding carboxylic acids is 1. The van der Waals surface area contributed by atoms with Crippen LogP contribution in [0.25, 0.3) is 0 Å². The van der Waals surface area contributed by atoms with Crippen LogP contribution >= 0.6 is 0 Å². The number of ether oxygens (including phenoxy) is 1. The minimum atomic E-state index is -0.142. The van der Waals surface area contributed by atoms with E-state index < -0.39 is 0 Å². The van der Waals surface area contributed by atoms with Gasteiger partial charge in [-0.2, -0.15) is 0 Å². The van der Waals surface area contributed by atoms with E-state index in [1.54, 1.807) is 12.4 Å². The topological polar surface area (TPSA) is 42.4 Å². The summed E-state index contributed by atoms with van der Waals surface area (Å²) in [6.07, 6.45) is 6.57. The number of pyridine rings is 1. The van der Waals surface area contributed by atoms with Crippen LogP contribution in [0.3, 0.4) is 0 Å². The highest BCUT2D eigenvalue weighted by molar-refractivity contribution is 5.80. The lowest BCUT2D eigenvalue weighted by atomic mass is 10.0. The second-order valence-electron chi connectivity index (χ2n) is 3.93. The molecule has 1 aliphatic rings. The van der Waals surface area contributed by atoms with Gasteiger partial charge in [0.15, 0.2) is 0 Å². The van der Waals surface area contributed by atoms with Crippen molar-refractivity contribution in [2.75, 3.05) is 18.6 Å². The van der Waals surface area contributed by atoms with Gasteiger partial charge >= 0.3 is 5.97 Å². The molecular weight excluding hydrogens is 204 g/mol.